The van der Waals surface area contributed by atoms with E-state index in [2.05, 4.69) is 20.9 Å². The quantitative estimate of drug-likeness (QED) is 0.742. The number of fused-ring (bicyclic) bond motifs is 1. The van der Waals surface area contributed by atoms with Gasteiger partial charge in [-0.25, -0.2) is 9.78 Å². The molecule has 22 heavy (non-hydrogen) atoms. The molecule has 8 nitrogen and oxygen atoms in total. The monoisotopic (exact) mass is 374 g/mol. The molecule has 0 unspecified atom stereocenters. The Morgan fingerprint density at radius 2 is 1.91 bits per heavy atom. The van der Waals surface area contributed by atoms with Crippen molar-refractivity contribution in [3.8, 4) is 0 Å². The second-order valence-corrected chi connectivity index (χ2v) is 6.11. The largest absolute Gasteiger partial charge is 0.389 e. The van der Waals surface area contributed by atoms with Gasteiger partial charge in [-0.15, -0.1) is 0 Å². The number of aromatic nitrogens is 4. The number of imidazole rings is 1. The topological polar surface area (TPSA) is 91.3 Å². The van der Waals surface area contributed by atoms with E-state index in [9.17, 15) is 14.7 Å². The van der Waals surface area contributed by atoms with Crippen molar-refractivity contribution < 1.29 is 9.84 Å². The summed E-state index contributed by atoms with van der Waals surface area (Å²) in [5.41, 5.74) is -0.358. The number of hydrogen-bond donors (Lipinski definition) is 1. The highest BCUT2D eigenvalue weighted by Crippen LogP contribution is 2.16. The van der Waals surface area contributed by atoms with Crippen molar-refractivity contribution in [1.29, 1.82) is 0 Å². The van der Waals surface area contributed by atoms with Crippen LogP contribution < -0.4 is 11.2 Å². The minimum absolute atomic E-state index is 0.00585. The van der Waals surface area contributed by atoms with E-state index in [0.29, 0.717) is 4.73 Å². The maximum absolute atomic E-state index is 12.3. The summed E-state index contributed by atoms with van der Waals surface area (Å²) in [5, 5.41) is 10.1. The molecule has 2 aromatic rings. The number of aliphatic hydroxyl groups excluding tert-OH is 1. The van der Waals surface area contributed by atoms with E-state index in [4.69, 9.17) is 4.74 Å². The van der Waals surface area contributed by atoms with Gasteiger partial charge in [0.2, 0.25) is 0 Å². The number of ether oxygens (including phenoxy) is 1. The van der Waals surface area contributed by atoms with Gasteiger partial charge in [-0.2, -0.15) is 0 Å². The Labute approximate surface area is 135 Å². The average molecular weight is 375 g/mol. The van der Waals surface area contributed by atoms with Crippen LogP contribution in [0.15, 0.2) is 14.3 Å². The number of hydrogen-bond acceptors (Lipinski definition) is 5. The fraction of sp³-hybridized carbons (Fsp3) is 0.615. The lowest BCUT2D eigenvalue weighted by molar-refractivity contribution is -0.000535. The Hall–Kier alpha value is -1.45. The van der Waals surface area contributed by atoms with Gasteiger partial charge in [0.25, 0.3) is 5.56 Å². The molecule has 122 valence electrons. The molecule has 0 spiro atoms. The summed E-state index contributed by atoms with van der Waals surface area (Å²) in [6, 6.07) is 0. The summed E-state index contributed by atoms with van der Waals surface area (Å²) < 4.78 is 9.61. The van der Waals surface area contributed by atoms with Crippen LogP contribution in [0.1, 0.15) is 13.8 Å². The molecule has 0 fully saturated rings. The van der Waals surface area contributed by atoms with Crippen LogP contribution in [0.5, 0.6) is 0 Å². The average Bonchev–Trinajstić information content (AvgIpc) is 2.78. The van der Waals surface area contributed by atoms with E-state index >= 15 is 0 Å². The van der Waals surface area contributed by atoms with Crippen molar-refractivity contribution >= 4 is 27.1 Å². The Bertz CT molecular complexity index is 805. The third-order valence-electron chi connectivity index (χ3n) is 3.32. The SMILES string of the molecule is CC(C)OC[C@H](O)Cn1c(Br)nc2c1c(=O)n(C)c(=O)n2C. The van der Waals surface area contributed by atoms with Crippen molar-refractivity contribution in [1.82, 2.24) is 18.7 Å². The Morgan fingerprint density at radius 3 is 2.50 bits per heavy atom. The highest BCUT2D eigenvalue weighted by molar-refractivity contribution is 9.10. The summed E-state index contributed by atoms with van der Waals surface area (Å²) in [4.78, 5) is 28.5. The number of halogens is 1. The van der Waals surface area contributed by atoms with Gasteiger partial charge in [-0.3, -0.25) is 13.9 Å². The van der Waals surface area contributed by atoms with Crippen molar-refractivity contribution in [3.05, 3.63) is 25.6 Å². The van der Waals surface area contributed by atoms with Crippen LogP contribution in [0.2, 0.25) is 0 Å². The number of rotatable bonds is 5. The van der Waals surface area contributed by atoms with Gasteiger partial charge in [-0.05, 0) is 29.8 Å². The summed E-state index contributed by atoms with van der Waals surface area (Å²) in [6.45, 7) is 4.04. The fourth-order valence-corrected chi connectivity index (χ4v) is 2.64. The molecule has 0 aliphatic heterocycles. The molecule has 0 saturated carbocycles. The van der Waals surface area contributed by atoms with Crippen LogP contribution in [0, 0.1) is 0 Å². The lowest BCUT2D eigenvalue weighted by Crippen LogP contribution is -2.38. The summed E-state index contributed by atoms with van der Waals surface area (Å²) >= 11 is 3.27. The second kappa shape index (κ2) is 6.35. The molecule has 0 amide bonds. The molecule has 9 heteroatoms. The summed E-state index contributed by atoms with van der Waals surface area (Å²) in [5.74, 6) is 0. The third-order valence-corrected chi connectivity index (χ3v) is 3.92. The molecule has 2 heterocycles. The minimum atomic E-state index is -0.793. The first kappa shape index (κ1) is 16.9. The molecule has 0 saturated heterocycles. The van der Waals surface area contributed by atoms with E-state index in [1.165, 1.54) is 11.6 Å². The number of aryl methyl sites for hydroxylation is 1. The van der Waals surface area contributed by atoms with E-state index in [1.54, 1.807) is 11.6 Å². The first-order chi connectivity index (χ1) is 10.2. The highest BCUT2D eigenvalue weighted by atomic mass is 79.9. The van der Waals surface area contributed by atoms with Crippen molar-refractivity contribution in [3.63, 3.8) is 0 Å². The standard InChI is InChI=1S/C13H19BrN4O4/c1-7(2)22-6-8(19)5-18-9-10(15-12(18)14)16(3)13(21)17(4)11(9)20/h7-8,19H,5-6H2,1-4H3/t8-/m1/s1. The first-order valence-electron chi connectivity index (χ1n) is 6.85. The van der Waals surface area contributed by atoms with Gasteiger partial charge in [0.05, 0.1) is 25.4 Å². The van der Waals surface area contributed by atoms with Gasteiger partial charge < -0.3 is 14.4 Å². The molecule has 2 rings (SSSR count). The lowest BCUT2D eigenvalue weighted by Gasteiger charge is -2.15. The highest BCUT2D eigenvalue weighted by Gasteiger charge is 2.19. The second-order valence-electron chi connectivity index (χ2n) is 5.41. The van der Waals surface area contributed by atoms with Crippen LogP contribution in [-0.2, 0) is 25.4 Å². The molecule has 0 radical (unpaired) electrons. The van der Waals surface area contributed by atoms with Crippen molar-refractivity contribution in [2.45, 2.75) is 32.6 Å². The molecule has 0 aliphatic carbocycles. The molecule has 0 aliphatic rings. The van der Waals surface area contributed by atoms with Gasteiger partial charge in [0.15, 0.2) is 15.9 Å². The van der Waals surface area contributed by atoms with E-state index in [0.717, 1.165) is 4.57 Å². The van der Waals surface area contributed by atoms with Gasteiger partial charge >= 0.3 is 5.69 Å². The molecule has 1 N–H and O–H groups in total. The molecule has 1 atom stereocenters. The Morgan fingerprint density at radius 1 is 1.27 bits per heavy atom. The van der Waals surface area contributed by atoms with E-state index in [-0.39, 0.29) is 30.4 Å². The van der Waals surface area contributed by atoms with Gasteiger partial charge in [0.1, 0.15) is 0 Å². The van der Waals surface area contributed by atoms with Crippen molar-refractivity contribution in [2.24, 2.45) is 14.1 Å². The molecule has 0 aromatic carbocycles. The van der Waals surface area contributed by atoms with Gasteiger partial charge in [-0.1, -0.05) is 0 Å². The van der Waals surface area contributed by atoms with Crippen LogP contribution in [0.25, 0.3) is 11.2 Å². The zero-order valence-corrected chi connectivity index (χ0v) is 14.5. The predicted octanol–water partition coefficient (Wildman–Crippen LogP) is -0.0179. The Balaban J connectivity index is 2.49. The fourth-order valence-electron chi connectivity index (χ4n) is 2.15. The number of aliphatic hydroxyl groups is 1. The molecule has 2 aromatic heterocycles. The summed E-state index contributed by atoms with van der Waals surface area (Å²) in [7, 11) is 2.96. The molecule has 0 bridgehead atoms. The van der Waals surface area contributed by atoms with Crippen LogP contribution in [0.3, 0.4) is 0 Å². The van der Waals surface area contributed by atoms with Crippen LogP contribution in [-0.4, -0.2) is 42.6 Å². The zero-order valence-electron chi connectivity index (χ0n) is 12.9. The van der Waals surface area contributed by atoms with Crippen molar-refractivity contribution in [2.75, 3.05) is 6.61 Å². The van der Waals surface area contributed by atoms with Crippen LogP contribution >= 0.6 is 15.9 Å². The maximum Gasteiger partial charge on any atom is 0.332 e. The maximum atomic E-state index is 12.3. The van der Waals surface area contributed by atoms with Gasteiger partial charge in [0, 0.05) is 14.1 Å². The predicted molar refractivity (Wildman–Crippen MR) is 85.0 cm³/mol. The smallest absolute Gasteiger partial charge is 0.332 e. The molecular weight excluding hydrogens is 356 g/mol. The number of nitrogens with zero attached hydrogens (tertiary/aromatic N) is 4. The minimum Gasteiger partial charge on any atom is -0.389 e. The first-order valence-corrected chi connectivity index (χ1v) is 7.64. The zero-order chi connectivity index (χ0) is 16.6. The van der Waals surface area contributed by atoms with E-state index in [1.807, 2.05) is 13.8 Å². The lowest BCUT2D eigenvalue weighted by atomic mass is 10.3. The third kappa shape index (κ3) is 3.01. The van der Waals surface area contributed by atoms with Crippen LogP contribution in [0.4, 0.5) is 0 Å². The molecular formula is C13H19BrN4O4. The normalized spacial score (nSPS) is 13.2. The Kier molecular flexibility index (Phi) is 4.88. The summed E-state index contributed by atoms with van der Waals surface area (Å²) in [6.07, 6.45) is -0.788. The van der Waals surface area contributed by atoms with E-state index < -0.39 is 17.4 Å².